The summed E-state index contributed by atoms with van der Waals surface area (Å²) in [5, 5.41) is 3.83. The molecule has 0 aromatic heterocycles. The van der Waals surface area contributed by atoms with Gasteiger partial charge in [-0.25, -0.2) is 4.39 Å². The second kappa shape index (κ2) is 7.83. The van der Waals surface area contributed by atoms with Crippen molar-refractivity contribution in [2.24, 2.45) is 0 Å². The van der Waals surface area contributed by atoms with Gasteiger partial charge >= 0.3 is 0 Å². The van der Waals surface area contributed by atoms with Crippen molar-refractivity contribution in [3.05, 3.63) is 47.2 Å². The van der Waals surface area contributed by atoms with E-state index >= 15 is 0 Å². The standard InChI is InChI=1S/C18H19ClFNO3/c1-22-18-16(24-11-14-10-21-8-9-23-14)7-6-15(20)17(18)12-2-4-13(19)5-3-12/h2-7,14,21H,8-11H2,1H3/t14-/m0/s1. The molecule has 128 valence electrons. The third kappa shape index (κ3) is 3.80. The normalized spacial score (nSPS) is 17.5. The zero-order chi connectivity index (χ0) is 16.9. The lowest BCUT2D eigenvalue weighted by Gasteiger charge is -2.24. The van der Waals surface area contributed by atoms with Gasteiger partial charge < -0.3 is 19.5 Å². The number of ether oxygens (including phenoxy) is 3. The van der Waals surface area contributed by atoms with Gasteiger partial charge in [-0.3, -0.25) is 0 Å². The van der Waals surface area contributed by atoms with E-state index < -0.39 is 0 Å². The van der Waals surface area contributed by atoms with Gasteiger partial charge in [-0.2, -0.15) is 0 Å². The van der Waals surface area contributed by atoms with Gasteiger partial charge in [-0.05, 0) is 29.8 Å². The van der Waals surface area contributed by atoms with Gasteiger partial charge in [0.15, 0.2) is 11.5 Å². The molecule has 1 heterocycles. The number of hydrogen-bond acceptors (Lipinski definition) is 4. The second-order valence-electron chi connectivity index (χ2n) is 5.47. The fraction of sp³-hybridized carbons (Fsp3) is 0.333. The molecule has 1 aliphatic heterocycles. The predicted octanol–water partition coefficient (Wildman–Crippen LogP) is 3.52. The molecule has 0 bridgehead atoms. The molecule has 2 aromatic rings. The van der Waals surface area contributed by atoms with Crippen molar-refractivity contribution in [1.29, 1.82) is 0 Å². The number of hydrogen-bond donors (Lipinski definition) is 1. The molecule has 1 aliphatic rings. The molecule has 0 radical (unpaired) electrons. The number of halogens is 2. The largest absolute Gasteiger partial charge is 0.492 e. The highest BCUT2D eigenvalue weighted by Crippen LogP contribution is 2.40. The molecule has 0 amide bonds. The van der Waals surface area contributed by atoms with Crippen LogP contribution in [0.4, 0.5) is 4.39 Å². The molecule has 0 spiro atoms. The minimum atomic E-state index is -0.378. The summed E-state index contributed by atoms with van der Waals surface area (Å²) in [6.45, 7) is 2.60. The Bertz CT molecular complexity index is 687. The van der Waals surface area contributed by atoms with Crippen LogP contribution in [0.1, 0.15) is 0 Å². The van der Waals surface area contributed by atoms with Crippen molar-refractivity contribution in [2.45, 2.75) is 6.10 Å². The first kappa shape index (κ1) is 17.0. The summed E-state index contributed by atoms with van der Waals surface area (Å²) < 4.78 is 31.3. The molecule has 0 aliphatic carbocycles. The molecule has 0 saturated carbocycles. The van der Waals surface area contributed by atoms with Crippen molar-refractivity contribution in [3.63, 3.8) is 0 Å². The van der Waals surface area contributed by atoms with E-state index in [0.717, 1.165) is 13.1 Å². The Morgan fingerprint density at radius 3 is 2.71 bits per heavy atom. The summed E-state index contributed by atoms with van der Waals surface area (Å²) in [5.74, 6) is 0.469. The van der Waals surface area contributed by atoms with Gasteiger partial charge in [0.1, 0.15) is 18.5 Å². The molecular weight excluding hydrogens is 333 g/mol. The molecule has 2 aromatic carbocycles. The minimum absolute atomic E-state index is 0.0347. The first-order valence-electron chi connectivity index (χ1n) is 7.76. The molecule has 1 saturated heterocycles. The van der Waals surface area contributed by atoms with E-state index in [1.807, 2.05) is 0 Å². The third-order valence-electron chi connectivity index (χ3n) is 3.84. The highest BCUT2D eigenvalue weighted by atomic mass is 35.5. The van der Waals surface area contributed by atoms with Crippen molar-refractivity contribution < 1.29 is 18.6 Å². The van der Waals surface area contributed by atoms with E-state index in [2.05, 4.69) is 5.32 Å². The monoisotopic (exact) mass is 351 g/mol. The summed E-state index contributed by atoms with van der Waals surface area (Å²) in [6.07, 6.45) is -0.0347. The number of rotatable bonds is 5. The quantitative estimate of drug-likeness (QED) is 0.894. The summed E-state index contributed by atoms with van der Waals surface area (Å²) in [4.78, 5) is 0. The van der Waals surface area contributed by atoms with Gasteiger partial charge in [-0.1, -0.05) is 23.7 Å². The Morgan fingerprint density at radius 1 is 1.25 bits per heavy atom. The van der Waals surface area contributed by atoms with Gasteiger partial charge in [-0.15, -0.1) is 0 Å². The maximum atomic E-state index is 14.4. The molecule has 3 rings (SSSR count). The SMILES string of the molecule is COc1c(OC[C@@H]2CNCCO2)ccc(F)c1-c1ccc(Cl)cc1. The molecule has 6 heteroatoms. The fourth-order valence-corrected chi connectivity index (χ4v) is 2.78. The van der Waals surface area contributed by atoms with Crippen LogP contribution in [-0.2, 0) is 4.74 Å². The molecule has 1 fully saturated rings. The minimum Gasteiger partial charge on any atom is -0.492 e. The smallest absolute Gasteiger partial charge is 0.171 e. The third-order valence-corrected chi connectivity index (χ3v) is 4.09. The van der Waals surface area contributed by atoms with Crippen LogP contribution in [0.3, 0.4) is 0 Å². The average Bonchev–Trinajstić information content (AvgIpc) is 2.62. The van der Waals surface area contributed by atoms with Crippen LogP contribution in [0, 0.1) is 5.82 Å². The molecule has 4 nitrogen and oxygen atoms in total. The van der Waals surface area contributed by atoms with Gasteiger partial charge in [0, 0.05) is 18.1 Å². The zero-order valence-corrected chi connectivity index (χ0v) is 14.1. The topological polar surface area (TPSA) is 39.7 Å². The maximum absolute atomic E-state index is 14.4. The van der Waals surface area contributed by atoms with E-state index in [9.17, 15) is 4.39 Å². The van der Waals surface area contributed by atoms with E-state index in [0.29, 0.717) is 40.9 Å². The Balaban J connectivity index is 1.87. The summed E-state index contributed by atoms with van der Waals surface area (Å²) >= 11 is 5.91. The van der Waals surface area contributed by atoms with Crippen molar-refractivity contribution >= 4 is 11.6 Å². The van der Waals surface area contributed by atoms with E-state index in [1.165, 1.54) is 13.2 Å². The number of methoxy groups -OCH3 is 1. The summed E-state index contributed by atoms with van der Waals surface area (Å²) in [6, 6.07) is 9.88. The van der Waals surface area contributed by atoms with Crippen LogP contribution in [0.25, 0.3) is 11.1 Å². The summed E-state index contributed by atoms with van der Waals surface area (Å²) in [7, 11) is 1.50. The fourth-order valence-electron chi connectivity index (χ4n) is 2.65. The van der Waals surface area contributed by atoms with Crippen molar-refractivity contribution in [1.82, 2.24) is 5.32 Å². The van der Waals surface area contributed by atoms with Crippen LogP contribution in [0.2, 0.25) is 5.02 Å². The molecule has 1 atom stereocenters. The average molecular weight is 352 g/mol. The molecule has 1 N–H and O–H groups in total. The van der Waals surface area contributed by atoms with E-state index in [4.69, 9.17) is 25.8 Å². The Hall–Kier alpha value is -1.82. The highest BCUT2D eigenvalue weighted by molar-refractivity contribution is 6.30. The lowest BCUT2D eigenvalue weighted by atomic mass is 10.0. The lowest BCUT2D eigenvalue weighted by molar-refractivity contribution is -0.000263. The van der Waals surface area contributed by atoms with Crippen molar-refractivity contribution in [3.8, 4) is 22.6 Å². The second-order valence-corrected chi connectivity index (χ2v) is 5.91. The van der Waals surface area contributed by atoms with Gasteiger partial charge in [0.2, 0.25) is 0 Å². The van der Waals surface area contributed by atoms with Crippen LogP contribution in [0.5, 0.6) is 11.5 Å². The molecule has 24 heavy (non-hydrogen) atoms. The number of morpholine rings is 1. The molecular formula is C18H19ClFNO3. The Kier molecular flexibility index (Phi) is 5.56. The summed E-state index contributed by atoms with van der Waals surface area (Å²) in [5.41, 5.74) is 1.03. The number of nitrogens with one attached hydrogen (secondary N) is 1. The van der Waals surface area contributed by atoms with Crippen LogP contribution in [-0.4, -0.2) is 39.5 Å². The van der Waals surface area contributed by atoms with E-state index in [1.54, 1.807) is 30.3 Å². The zero-order valence-electron chi connectivity index (χ0n) is 13.4. The Morgan fingerprint density at radius 2 is 2.04 bits per heavy atom. The van der Waals surface area contributed by atoms with Gasteiger partial charge in [0.05, 0.1) is 19.3 Å². The highest BCUT2D eigenvalue weighted by Gasteiger charge is 2.20. The van der Waals surface area contributed by atoms with Gasteiger partial charge in [0.25, 0.3) is 0 Å². The van der Waals surface area contributed by atoms with Crippen LogP contribution < -0.4 is 14.8 Å². The molecule has 0 unspecified atom stereocenters. The lowest BCUT2D eigenvalue weighted by Crippen LogP contribution is -2.41. The Labute approximate surface area is 145 Å². The maximum Gasteiger partial charge on any atom is 0.171 e. The first-order valence-corrected chi connectivity index (χ1v) is 8.14. The van der Waals surface area contributed by atoms with Crippen LogP contribution in [0.15, 0.2) is 36.4 Å². The van der Waals surface area contributed by atoms with E-state index in [-0.39, 0.29) is 11.9 Å². The van der Waals surface area contributed by atoms with Crippen LogP contribution >= 0.6 is 11.6 Å². The van der Waals surface area contributed by atoms with Crippen molar-refractivity contribution in [2.75, 3.05) is 33.4 Å². The first-order chi connectivity index (χ1) is 11.7. The number of benzene rings is 2. The predicted molar refractivity (Wildman–Crippen MR) is 91.5 cm³/mol.